The van der Waals surface area contributed by atoms with Crippen molar-refractivity contribution in [3.63, 3.8) is 0 Å². The minimum atomic E-state index is -0.638. The quantitative estimate of drug-likeness (QED) is 0.106. The zero-order valence-electron chi connectivity index (χ0n) is 23.6. The summed E-state index contributed by atoms with van der Waals surface area (Å²) in [5.74, 6) is -0.152. The number of likely N-dealkylation sites (tertiary alicyclic amines) is 1. The van der Waals surface area contributed by atoms with Crippen LogP contribution in [0.25, 0.3) is 22.0 Å². The van der Waals surface area contributed by atoms with E-state index in [1.165, 1.54) is 6.92 Å². The third-order valence-electron chi connectivity index (χ3n) is 7.97. The Balaban J connectivity index is 1.34. The SMILES string of the molecule is CC(=O)c1cn(CC(=O)N2[C@H](C(=O)Nc3nc(Br)ccc3C)C[C@@]3(C)[I-][C@@H]23)c2c(C)c(F)c(-c3cnc(C)nc3)cc12. The fraction of sp³-hybridized carbons (Fsp3) is 0.333. The van der Waals surface area contributed by atoms with Gasteiger partial charge in [-0.25, -0.2) is 0 Å². The Morgan fingerprint density at radius 1 is 1.19 bits per heavy atom. The first-order valence-corrected chi connectivity index (χ1v) is 16.5. The number of pyridine rings is 1. The van der Waals surface area contributed by atoms with Gasteiger partial charge in [0.25, 0.3) is 0 Å². The molecule has 2 aliphatic heterocycles. The van der Waals surface area contributed by atoms with E-state index in [4.69, 9.17) is 0 Å². The van der Waals surface area contributed by atoms with Crippen molar-refractivity contribution in [3.05, 3.63) is 69.7 Å². The number of amides is 2. The number of anilines is 1. The summed E-state index contributed by atoms with van der Waals surface area (Å²) in [5.41, 5.74) is 2.79. The molecule has 3 aromatic heterocycles. The molecule has 0 spiro atoms. The van der Waals surface area contributed by atoms with Gasteiger partial charge in [0.1, 0.15) is 5.82 Å². The van der Waals surface area contributed by atoms with Gasteiger partial charge < -0.3 is 0 Å². The summed E-state index contributed by atoms with van der Waals surface area (Å²) in [5, 5.41) is 3.47. The Morgan fingerprint density at radius 3 is 2.60 bits per heavy atom. The molecular weight excluding hydrogens is 718 g/mol. The van der Waals surface area contributed by atoms with Gasteiger partial charge in [0.15, 0.2) is 0 Å². The molecule has 5 heterocycles. The molecule has 2 fully saturated rings. The number of ketones is 1. The van der Waals surface area contributed by atoms with Crippen molar-refractivity contribution in [1.82, 2.24) is 24.4 Å². The van der Waals surface area contributed by atoms with Crippen LogP contribution in [0.4, 0.5) is 10.2 Å². The van der Waals surface area contributed by atoms with E-state index in [-0.39, 0.29) is 58.4 Å². The normalized spacial score (nSPS) is 21.2. The Bertz CT molecular complexity index is 1810. The van der Waals surface area contributed by atoms with Crippen LogP contribution in [0.3, 0.4) is 0 Å². The number of nitrogens with zero attached hydrogens (tertiary/aromatic N) is 5. The topological polar surface area (TPSA) is 110 Å². The average molecular weight is 746 g/mol. The first-order chi connectivity index (χ1) is 19.9. The van der Waals surface area contributed by atoms with Gasteiger partial charge in [0.2, 0.25) is 0 Å². The molecule has 9 nitrogen and oxygen atoms in total. The second kappa shape index (κ2) is 10.5. The molecule has 1 aromatic carbocycles. The Labute approximate surface area is 260 Å². The van der Waals surface area contributed by atoms with Crippen molar-refractivity contribution in [3.8, 4) is 11.1 Å². The number of alkyl halides is 2. The van der Waals surface area contributed by atoms with E-state index in [2.05, 4.69) is 43.1 Å². The molecule has 2 saturated heterocycles. The van der Waals surface area contributed by atoms with Crippen molar-refractivity contribution in [2.75, 3.05) is 5.32 Å². The van der Waals surface area contributed by atoms with E-state index >= 15 is 4.39 Å². The number of aryl methyl sites for hydroxylation is 3. The van der Waals surface area contributed by atoms with Gasteiger partial charge in [-0.05, 0) is 6.92 Å². The Morgan fingerprint density at radius 2 is 1.90 bits per heavy atom. The van der Waals surface area contributed by atoms with Crippen LogP contribution in [0, 0.1) is 26.6 Å². The number of nitrogens with one attached hydrogen (secondary N) is 1. The molecule has 3 atom stereocenters. The third kappa shape index (κ3) is 4.91. The van der Waals surface area contributed by atoms with E-state index in [1.54, 1.807) is 54.0 Å². The first-order valence-electron chi connectivity index (χ1n) is 13.4. The number of hydrogen-bond donors (Lipinski definition) is 1. The second-order valence-corrected chi connectivity index (χ2v) is 16.1. The van der Waals surface area contributed by atoms with Gasteiger partial charge in [0, 0.05) is 0 Å². The number of benzene rings is 1. The molecule has 2 aliphatic rings. The van der Waals surface area contributed by atoms with Crippen LogP contribution in [0.1, 0.15) is 47.6 Å². The Kier molecular flexibility index (Phi) is 7.19. The predicted octanol–water partition coefficient (Wildman–Crippen LogP) is 1.95. The molecular formula is C30H28BrFIN6O3-. The summed E-state index contributed by atoms with van der Waals surface area (Å²) in [7, 11) is 0. The molecule has 4 aromatic rings. The first kappa shape index (κ1) is 28.8. The zero-order chi connectivity index (χ0) is 30.1. The molecule has 2 amide bonds. The van der Waals surface area contributed by atoms with E-state index in [0.29, 0.717) is 50.3 Å². The van der Waals surface area contributed by atoms with Gasteiger partial charge in [-0.2, -0.15) is 0 Å². The standard InChI is InChI=1S/C30H28BrFIN6O3/c1-14-6-7-23(31)36-27(14)37-28(42)22-9-30(5)29(33-30)39(22)24(41)13-38-12-21(16(3)40)20-8-19(25(32)15(2)26(20)38)18-10-34-17(4)35-11-18/h6-8,10-12,22,29H,9,13H2,1-5H3,(H,36,37,42)/q-1/t22-,29-,30+/m0/s1. The van der Waals surface area contributed by atoms with E-state index < -0.39 is 11.9 Å². The maximum absolute atomic E-state index is 15.8. The number of halogens is 3. The molecule has 12 heteroatoms. The van der Waals surface area contributed by atoms with Gasteiger partial charge in [-0.3, -0.25) is 0 Å². The number of fused-ring (bicyclic) bond motifs is 2. The molecule has 218 valence electrons. The molecule has 0 unspecified atom stereocenters. The number of carbonyl (C=O) groups is 3. The van der Waals surface area contributed by atoms with Gasteiger partial charge in [-0.1, -0.05) is 0 Å². The molecule has 0 radical (unpaired) electrons. The van der Waals surface area contributed by atoms with Crippen molar-refractivity contribution in [1.29, 1.82) is 0 Å². The fourth-order valence-electron chi connectivity index (χ4n) is 5.70. The fourth-order valence-corrected chi connectivity index (χ4v) is 9.40. The molecule has 1 N–H and O–H groups in total. The molecule has 6 rings (SSSR count). The number of rotatable bonds is 6. The van der Waals surface area contributed by atoms with E-state index in [1.807, 2.05) is 13.0 Å². The van der Waals surface area contributed by atoms with Crippen LogP contribution in [0.5, 0.6) is 0 Å². The molecule has 0 aliphatic carbocycles. The number of hydrogen-bond acceptors (Lipinski definition) is 6. The van der Waals surface area contributed by atoms with Gasteiger partial charge in [-0.15, -0.1) is 0 Å². The van der Waals surface area contributed by atoms with E-state index in [0.717, 1.165) is 5.56 Å². The average Bonchev–Trinajstić information content (AvgIpc) is 3.29. The second-order valence-electron chi connectivity index (χ2n) is 11.0. The summed E-state index contributed by atoms with van der Waals surface area (Å²) in [4.78, 5) is 54.6. The van der Waals surface area contributed by atoms with Crippen LogP contribution in [0.15, 0.2) is 41.4 Å². The number of aromatic nitrogens is 4. The van der Waals surface area contributed by atoms with Crippen LogP contribution >= 0.6 is 15.9 Å². The summed E-state index contributed by atoms with van der Waals surface area (Å²) < 4.78 is 18.1. The minimum absolute atomic E-state index is 0.0212. The van der Waals surface area contributed by atoms with Gasteiger partial charge in [0.05, 0.1) is 0 Å². The summed E-state index contributed by atoms with van der Waals surface area (Å²) in [6.07, 6.45) is 5.32. The van der Waals surface area contributed by atoms with Crippen molar-refractivity contribution in [2.24, 2.45) is 0 Å². The third-order valence-corrected chi connectivity index (χ3v) is 12.8. The zero-order valence-corrected chi connectivity index (χ0v) is 27.4. The van der Waals surface area contributed by atoms with Crippen LogP contribution in [-0.2, 0) is 16.1 Å². The van der Waals surface area contributed by atoms with Crippen LogP contribution in [0.2, 0.25) is 0 Å². The van der Waals surface area contributed by atoms with Crippen LogP contribution in [-0.4, -0.2) is 55.5 Å². The van der Waals surface area contributed by atoms with E-state index in [9.17, 15) is 14.4 Å². The predicted molar refractivity (Wildman–Crippen MR) is 155 cm³/mol. The number of Topliss-reactive ketones (excluding diaryl/α,β-unsaturated/α-hetero) is 1. The van der Waals surface area contributed by atoms with Gasteiger partial charge >= 0.3 is 249 Å². The Hall–Kier alpha value is -3.26. The summed E-state index contributed by atoms with van der Waals surface area (Å²) in [6, 6.07) is 4.65. The summed E-state index contributed by atoms with van der Waals surface area (Å²) in [6.45, 7) is 8.72. The molecule has 0 bridgehead atoms. The van der Waals surface area contributed by atoms with Crippen molar-refractivity contribution >= 4 is 50.2 Å². The maximum atomic E-state index is 15.8. The molecule has 0 saturated carbocycles. The molecule has 42 heavy (non-hydrogen) atoms. The van der Waals surface area contributed by atoms with Crippen LogP contribution < -0.4 is 26.5 Å². The van der Waals surface area contributed by atoms with Crippen molar-refractivity contribution in [2.45, 2.75) is 61.1 Å². The monoisotopic (exact) mass is 745 g/mol. The number of carbonyl (C=O) groups excluding carboxylic acids is 3. The summed E-state index contributed by atoms with van der Waals surface area (Å²) >= 11 is 3.07. The van der Waals surface area contributed by atoms with Crippen molar-refractivity contribution < 1.29 is 40.0 Å².